The molecule has 0 unspecified atom stereocenters. The molecule has 1 saturated heterocycles. The van der Waals surface area contributed by atoms with Crippen LogP contribution in [-0.4, -0.2) is 44.9 Å². The minimum Gasteiger partial charge on any atom is -0.481 e. The summed E-state index contributed by atoms with van der Waals surface area (Å²) in [6.07, 6.45) is 1.32. The number of fused-ring (bicyclic) bond motifs is 1. The van der Waals surface area contributed by atoms with Crippen LogP contribution in [0, 0.1) is 23.4 Å². The fraction of sp³-hybridized carbons (Fsp3) is 0.211. The third-order valence-corrected chi connectivity index (χ3v) is 5.01. The van der Waals surface area contributed by atoms with Crippen LogP contribution in [0.4, 0.5) is 13.2 Å². The molecular formula is C19H14F3N3O3. The number of nitrogens with zero attached hydrogens (tertiary/aromatic N) is 2. The second-order valence-electron chi connectivity index (χ2n) is 6.68. The predicted octanol–water partition coefficient (Wildman–Crippen LogP) is 2.92. The molecule has 0 bridgehead atoms. The lowest BCUT2D eigenvalue weighted by Gasteiger charge is -2.17. The normalized spacial score (nSPS) is 19.3. The third kappa shape index (κ3) is 2.98. The summed E-state index contributed by atoms with van der Waals surface area (Å²) in [5, 5.41) is 9.53. The molecule has 144 valence electrons. The monoisotopic (exact) mass is 389 g/mol. The maximum Gasteiger partial charge on any atom is 0.308 e. The number of carboxylic acids is 1. The third-order valence-electron chi connectivity index (χ3n) is 5.01. The molecule has 0 aliphatic carbocycles. The molecule has 2 N–H and O–H groups in total. The number of hydrogen-bond acceptors (Lipinski definition) is 3. The van der Waals surface area contributed by atoms with Gasteiger partial charge in [0.1, 0.15) is 23.0 Å². The minimum atomic E-state index is -1.20. The maximum absolute atomic E-state index is 14.2. The highest BCUT2D eigenvalue weighted by atomic mass is 19.1. The summed E-state index contributed by atoms with van der Waals surface area (Å²) in [6.45, 7) is -0.279. The van der Waals surface area contributed by atoms with Crippen LogP contribution >= 0.6 is 0 Å². The van der Waals surface area contributed by atoms with Crippen molar-refractivity contribution in [1.29, 1.82) is 0 Å². The van der Waals surface area contributed by atoms with Crippen molar-refractivity contribution in [3.05, 3.63) is 65.2 Å². The molecule has 2 heterocycles. The van der Waals surface area contributed by atoms with Gasteiger partial charge in [-0.15, -0.1) is 0 Å². The van der Waals surface area contributed by atoms with Crippen molar-refractivity contribution in [3.8, 4) is 0 Å². The number of H-pyrrole nitrogens is 1. The van der Waals surface area contributed by atoms with Crippen LogP contribution in [-0.2, 0) is 4.79 Å². The number of carbonyl (C=O) groups excluding carboxylic acids is 1. The van der Waals surface area contributed by atoms with Crippen LogP contribution in [0.2, 0.25) is 0 Å². The number of aromatic nitrogens is 2. The number of halogens is 3. The highest BCUT2D eigenvalue weighted by molar-refractivity contribution is 6.05. The van der Waals surface area contributed by atoms with Crippen LogP contribution in [0.25, 0.3) is 11.0 Å². The van der Waals surface area contributed by atoms with E-state index in [4.69, 9.17) is 0 Å². The van der Waals surface area contributed by atoms with Crippen molar-refractivity contribution in [3.63, 3.8) is 0 Å². The van der Waals surface area contributed by atoms with E-state index in [-0.39, 0.29) is 29.7 Å². The number of likely N-dealkylation sites (tertiary alicyclic amines) is 1. The van der Waals surface area contributed by atoms with Crippen molar-refractivity contribution in [1.82, 2.24) is 14.9 Å². The molecule has 1 aliphatic heterocycles. The first kappa shape index (κ1) is 18.0. The zero-order chi connectivity index (χ0) is 20.0. The second-order valence-corrected chi connectivity index (χ2v) is 6.68. The summed E-state index contributed by atoms with van der Waals surface area (Å²) in [6, 6.07) is 5.14. The number of carboxylic acid groups (broad SMARTS) is 1. The van der Waals surface area contributed by atoms with Crippen LogP contribution in [0.3, 0.4) is 0 Å². The molecule has 2 atom stereocenters. The van der Waals surface area contributed by atoms with Gasteiger partial charge in [0, 0.05) is 25.1 Å². The average Bonchev–Trinajstić information content (AvgIpc) is 3.27. The number of nitrogens with one attached hydrogen (secondary N) is 1. The van der Waals surface area contributed by atoms with Gasteiger partial charge in [-0.05, 0) is 23.8 Å². The molecule has 1 aromatic heterocycles. The van der Waals surface area contributed by atoms with E-state index in [1.54, 1.807) is 0 Å². The Morgan fingerprint density at radius 2 is 1.89 bits per heavy atom. The van der Waals surface area contributed by atoms with Gasteiger partial charge in [-0.1, -0.05) is 6.07 Å². The molecule has 6 nitrogen and oxygen atoms in total. The average molecular weight is 389 g/mol. The number of rotatable bonds is 3. The fourth-order valence-electron chi connectivity index (χ4n) is 3.69. The number of carbonyl (C=O) groups is 2. The van der Waals surface area contributed by atoms with Crippen LogP contribution in [0.1, 0.15) is 21.8 Å². The summed E-state index contributed by atoms with van der Waals surface area (Å²) < 4.78 is 41.3. The van der Waals surface area contributed by atoms with E-state index in [0.29, 0.717) is 11.6 Å². The number of imidazole rings is 1. The lowest BCUT2D eigenvalue weighted by atomic mass is 9.88. The van der Waals surface area contributed by atoms with Gasteiger partial charge in [0.25, 0.3) is 5.91 Å². The summed E-state index contributed by atoms with van der Waals surface area (Å²) >= 11 is 0. The van der Waals surface area contributed by atoms with E-state index in [1.165, 1.54) is 23.4 Å². The van der Waals surface area contributed by atoms with Gasteiger partial charge < -0.3 is 15.0 Å². The first-order chi connectivity index (χ1) is 13.3. The van der Waals surface area contributed by atoms with Crippen molar-refractivity contribution in [2.24, 2.45) is 5.92 Å². The van der Waals surface area contributed by atoms with E-state index in [1.807, 2.05) is 0 Å². The van der Waals surface area contributed by atoms with Crippen LogP contribution in [0.5, 0.6) is 0 Å². The van der Waals surface area contributed by atoms with Gasteiger partial charge in [0.05, 0.1) is 23.3 Å². The van der Waals surface area contributed by atoms with Gasteiger partial charge in [-0.2, -0.15) is 0 Å². The van der Waals surface area contributed by atoms with E-state index in [9.17, 15) is 27.9 Å². The van der Waals surface area contributed by atoms with Crippen LogP contribution < -0.4 is 0 Å². The van der Waals surface area contributed by atoms with E-state index < -0.39 is 41.2 Å². The van der Waals surface area contributed by atoms with Crippen LogP contribution in [0.15, 0.2) is 36.7 Å². The zero-order valence-electron chi connectivity index (χ0n) is 14.3. The summed E-state index contributed by atoms with van der Waals surface area (Å²) in [5.41, 5.74) is 0.599. The Kier molecular flexibility index (Phi) is 4.29. The molecule has 4 rings (SSSR count). The van der Waals surface area contributed by atoms with Gasteiger partial charge in [-0.25, -0.2) is 18.2 Å². The number of hydrogen-bond donors (Lipinski definition) is 2. The first-order valence-electron chi connectivity index (χ1n) is 8.45. The van der Waals surface area contributed by atoms with Gasteiger partial charge >= 0.3 is 5.97 Å². The molecule has 9 heteroatoms. The molecule has 1 amide bonds. The molecule has 2 aromatic carbocycles. The molecule has 0 radical (unpaired) electrons. The molecule has 1 aliphatic rings. The first-order valence-corrected chi connectivity index (χ1v) is 8.45. The molecule has 1 fully saturated rings. The SMILES string of the molecule is O=C(O)[C@@H]1CN(C(=O)c2cc(F)cc3[nH]cnc23)C[C@H]1c1ccc(F)cc1F. The number of amides is 1. The van der Waals surface area contributed by atoms with Crippen molar-refractivity contribution in [2.75, 3.05) is 13.1 Å². The minimum absolute atomic E-state index is 0.0133. The highest BCUT2D eigenvalue weighted by Gasteiger charge is 2.42. The quantitative estimate of drug-likeness (QED) is 0.721. The lowest BCUT2D eigenvalue weighted by Crippen LogP contribution is -2.30. The highest BCUT2D eigenvalue weighted by Crippen LogP contribution is 2.35. The topological polar surface area (TPSA) is 86.3 Å². The molecule has 28 heavy (non-hydrogen) atoms. The predicted molar refractivity (Wildman–Crippen MR) is 92.2 cm³/mol. The second kappa shape index (κ2) is 6.66. The van der Waals surface area contributed by atoms with Gasteiger partial charge in [0.15, 0.2) is 0 Å². The Labute approximate surface area is 156 Å². The van der Waals surface area contributed by atoms with E-state index in [2.05, 4.69) is 9.97 Å². The summed E-state index contributed by atoms with van der Waals surface area (Å²) in [5.74, 6) is -6.03. The Bertz CT molecular complexity index is 1100. The van der Waals surface area contributed by atoms with Crippen molar-refractivity contribution >= 4 is 22.9 Å². The number of aromatic amines is 1. The largest absolute Gasteiger partial charge is 0.481 e. The van der Waals surface area contributed by atoms with Gasteiger partial charge in [0.2, 0.25) is 0 Å². The van der Waals surface area contributed by atoms with Crippen molar-refractivity contribution in [2.45, 2.75) is 5.92 Å². The van der Waals surface area contributed by atoms with E-state index in [0.717, 1.165) is 12.1 Å². The Morgan fingerprint density at radius 3 is 2.61 bits per heavy atom. The summed E-state index contributed by atoms with van der Waals surface area (Å²) in [7, 11) is 0. The number of aliphatic carboxylic acids is 1. The Balaban J connectivity index is 1.70. The number of benzene rings is 2. The Morgan fingerprint density at radius 1 is 1.11 bits per heavy atom. The maximum atomic E-state index is 14.2. The van der Waals surface area contributed by atoms with Crippen molar-refractivity contribution < 1.29 is 27.9 Å². The smallest absolute Gasteiger partial charge is 0.308 e. The lowest BCUT2D eigenvalue weighted by molar-refractivity contribution is -0.141. The van der Waals surface area contributed by atoms with Gasteiger partial charge in [-0.3, -0.25) is 9.59 Å². The molecule has 0 saturated carbocycles. The Hall–Kier alpha value is -3.36. The standard InChI is InChI=1S/C19H14F3N3O3/c20-9-1-2-11(15(22)4-9)13-6-25(7-14(13)19(27)28)18(26)12-3-10(21)5-16-17(12)24-8-23-16/h1-5,8,13-14H,6-7H2,(H,23,24)(H,27,28)/t13-,14+/m0/s1. The molecule has 0 spiro atoms. The molecule has 3 aromatic rings. The summed E-state index contributed by atoms with van der Waals surface area (Å²) in [4.78, 5) is 32.6. The zero-order valence-corrected chi connectivity index (χ0v) is 14.3. The molecular weight excluding hydrogens is 375 g/mol. The fourth-order valence-corrected chi connectivity index (χ4v) is 3.69. The van der Waals surface area contributed by atoms with E-state index >= 15 is 0 Å².